The van der Waals surface area contributed by atoms with Gasteiger partial charge in [-0.05, 0) is 35.9 Å². The molecule has 33 heavy (non-hydrogen) atoms. The average Bonchev–Trinajstić information content (AvgIpc) is 2.82. The first-order valence-corrected chi connectivity index (χ1v) is 10.8. The highest BCUT2D eigenvalue weighted by Crippen LogP contribution is 2.21. The quantitative estimate of drug-likeness (QED) is 0.478. The number of fused-ring (bicyclic) bond motifs is 1. The van der Waals surface area contributed by atoms with Gasteiger partial charge >= 0.3 is 0 Å². The van der Waals surface area contributed by atoms with Gasteiger partial charge in [-0.15, -0.1) is 0 Å². The van der Waals surface area contributed by atoms with E-state index in [9.17, 15) is 14.0 Å². The Morgan fingerprint density at radius 2 is 1.88 bits per heavy atom. The first-order valence-electron chi connectivity index (χ1n) is 10.8. The van der Waals surface area contributed by atoms with Crippen LogP contribution < -0.4 is 10.9 Å². The monoisotopic (exact) mass is 443 g/mol. The van der Waals surface area contributed by atoms with Gasteiger partial charge in [0.15, 0.2) is 0 Å². The molecule has 5 rings (SSSR count). The Kier molecular flexibility index (Phi) is 5.66. The fraction of sp³-hybridized carbons (Fsp3) is 0.200. The van der Waals surface area contributed by atoms with E-state index in [-0.39, 0.29) is 23.1 Å². The van der Waals surface area contributed by atoms with Crippen molar-refractivity contribution in [3.63, 3.8) is 0 Å². The van der Waals surface area contributed by atoms with Crippen LogP contribution in [0.5, 0.6) is 0 Å². The minimum atomic E-state index is -0.548. The zero-order chi connectivity index (χ0) is 22.8. The van der Waals surface area contributed by atoms with Gasteiger partial charge in [-0.1, -0.05) is 30.3 Å². The van der Waals surface area contributed by atoms with E-state index in [1.165, 1.54) is 6.07 Å². The van der Waals surface area contributed by atoms with Gasteiger partial charge < -0.3 is 10.2 Å². The third-order valence-corrected chi connectivity index (χ3v) is 5.87. The van der Waals surface area contributed by atoms with Crippen LogP contribution in [0.15, 0.2) is 71.7 Å². The molecule has 166 valence electrons. The molecule has 7 nitrogen and oxygen atoms in total. The molecular weight excluding hydrogens is 421 g/mol. The van der Waals surface area contributed by atoms with Crippen molar-refractivity contribution >= 4 is 16.7 Å². The van der Waals surface area contributed by atoms with Gasteiger partial charge in [0, 0.05) is 43.7 Å². The number of nitrogens with zero attached hydrogens (tertiary/aromatic N) is 3. The molecule has 2 aromatic carbocycles. The van der Waals surface area contributed by atoms with E-state index in [2.05, 4.69) is 20.5 Å². The highest BCUT2D eigenvalue weighted by molar-refractivity contribution is 5.95. The normalized spacial score (nSPS) is 13.8. The lowest BCUT2D eigenvalue weighted by atomic mass is 10.0. The lowest BCUT2D eigenvalue weighted by Crippen LogP contribution is -2.59. The summed E-state index contributed by atoms with van der Waals surface area (Å²) in [5, 5.41) is 11.3. The molecule has 0 bridgehead atoms. The fourth-order valence-corrected chi connectivity index (χ4v) is 4.04. The molecule has 1 saturated heterocycles. The van der Waals surface area contributed by atoms with Crippen LogP contribution in [0.25, 0.3) is 10.8 Å². The van der Waals surface area contributed by atoms with E-state index < -0.39 is 5.82 Å². The number of H-pyrrole nitrogens is 1. The van der Waals surface area contributed by atoms with Crippen LogP contribution in [-0.2, 0) is 13.0 Å². The number of carbonyl (C=O) groups excluding carboxylic acids is 1. The zero-order valence-corrected chi connectivity index (χ0v) is 17.8. The van der Waals surface area contributed by atoms with Crippen molar-refractivity contribution in [2.45, 2.75) is 19.0 Å². The highest BCUT2D eigenvalue weighted by Gasteiger charge is 2.32. The molecule has 1 fully saturated rings. The van der Waals surface area contributed by atoms with Crippen LogP contribution in [0.2, 0.25) is 0 Å². The molecule has 0 saturated carbocycles. The second-order valence-corrected chi connectivity index (χ2v) is 8.15. The summed E-state index contributed by atoms with van der Waals surface area (Å²) in [6.45, 7) is 1.65. The van der Waals surface area contributed by atoms with Crippen molar-refractivity contribution in [2.75, 3.05) is 13.1 Å². The number of aromatic amines is 1. The molecule has 8 heteroatoms. The largest absolute Gasteiger partial charge is 0.335 e. The molecule has 2 aromatic heterocycles. The van der Waals surface area contributed by atoms with E-state index in [0.717, 1.165) is 16.6 Å². The summed E-state index contributed by atoms with van der Waals surface area (Å²) in [6.07, 6.45) is 2.11. The number of hydrogen-bond acceptors (Lipinski definition) is 5. The Bertz CT molecular complexity index is 1370. The van der Waals surface area contributed by atoms with Gasteiger partial charge in [-0.2, -0.15) is 5.10 Å². The van der Waals surface area contributed by atoms with Crippen LogP contribution in [0, 0.1) is 5.82 Å². The average molecular weight is 443 g/mol. The van der Waals surface area contributed by atoms with Crippen molar-refractivity contribution in [2.24, 2.45) is 0 Å². The first-order chi connectivity index (χ1) is 16.1. The molecule has 4 aromatic rings. The molecule has 0 radical (unpaired) electrons. The second kappa shape index (κ2) is 8.91. The summed E-state index contributed by atoms with van der Waals surface area (Å²) in [5.74, 6) is -0.877. The molecule has 0 atom stereocenters. The second-order valence-electron chi connectivity index (χ2n) is 8.15. The van der Waals surface area contributed by atoms with Gasteiger partial charge in [-0.25, -0.2) is 9.49 Å². The number of pyridine rings is 1. The van der Waals surface area contributed by atoms with E-state index in [4.69, 9.17) is 0 Å². The summed E-state index contributed by atoms with van der Waals surface area (Å²) in [4.78, 5) is 30.8. The van der Waals surface area contributed by atoms with E-state index in [0.29, 0.717) is 37.1 Å². The standard InChI is InChI=1S/C25H22FN5O2/c26-22-9-8-16(12-23-19-6-1-2-7-20(19)24(32)30-29-23)11-21(22)25(33)31-14-18(15-31)28-13-17-5-3-4-10-27-17/h1-11,18,28H,12-15H2,(H,30,32). The Hall–Kier alpha value is -3.91. The van der Waals surface area contributed by atoms with Crippen LogP contribution in [0.3, 0.4) is 0 Å². The van der Waals surface area contributed by atoms with Crippen molar-refractivity contribution in [3.05, 3.63) is 106 Å². The topological polar surface area (TPSA) is 91.0 Å². The molecule has 1 aliphatic rings. The van der Waals surface area contributed by atoms with Gasteiger partial charge in [0.2, 0.25) is 0 Å². The lowest BCUT2D eigenvalue weighted by molar-refractivity contribution is 0.0560. The third kappa shape index (κ3) is 4.38. The van der Waals surface area contributed by atoms with Gasteiger partial charge in [-0.3, -0.25) is 14.6 Å². The number of aromatic nitrogens is 3. The minimum Gasteiger partial charge on any atom is -0.335 e. The van der Waals surface area contributed by atoms with Gasteiger partial charge in [0.1, 0.15) is 5.82 Å². The van der Waals surface area contributed by atoms with Gasteiger partial charge in [0.05, 0.1) is 22.3 Å². The number of amides is 1. The fourth-order valence-electron chi connectivity index (χ4n) is 4.04. The van der Waals surface area contributed by atoms with Gasteiger partial charge in [0.25, 0.3) is 11.5 Å². The van der Waals surface area contributed by atoms with Crippen LogP contribution >= 0.6 is 0 Å². The molecule has 2 N–H and O–H groups in total. The summed E-state index contributed by atoms with van der Waals surface area (Å²) in [6, 6.07) is 17.6. The number of likely N-dealkylation sites (tertiary alicyclic amines) is 1. The maximum Gasteiger partial charge on any atom is 0.272 e. The molecule has 0 unspecified atom stereocenters. The van der Waals surface area contributed by atoms with Crippen molar-refractivity contribution in [1.29, 1.82) is 0 Å². The van der Waals surface area contributed by atoms with Crippen molar-refractivity contribution in [1.82, 2.24) is 25.4 Å². The lowest BCUT2D eigenvalue weighted by Gasteiger charge is -2.39. The number of hydrogen-bond donors (Lipinski definition) is 2. The first kappa shape index (κ1) is 21.0. The number of benzene rings is 2. The summed E-state index contributed by atoms with van der Waals surface area (Å²) in [5.41, 5.74) is 2.13. The Labute approximate surface area is 189 Å². The maximum atomic E-state index is 14.5. The summed E-state index contributed by atoms with van der Waals surface area (Å²) in [7, 11) is 0. The summed E-state index contributed by atoms with van der Waals surface area (Å²) >= 11 is 0. The molecular formula is C25H22FN5O2. The molecule has 1 aliphatic heterocycles. The van der Waals surface area contributed by atoms with E-state index in [1.54, 1.807) is 35.4 Å². The SMILES string of the molecule is O=C(c1cc(Cc2n[nH]c(=O)c3ccccc23)ccc1F)N1CC(NCc2ccccn2)C1. The number of nitrogens with one attached hydrogen (secondary N) is 2. The van der Waals surface area contributed by atoms with E-state index in [1.807, 2.05) is 30.3 Å². The molecule has 0 aliphatic carbocycles. The third-order valence-electron chi connectivity index (χ3n) is 5.87. The smallest absolute Gasteiger partial charge is 0.272 e. The van der Waals surface area contributed by atoms with Crippen molar-refractivity contribution in [3.8, 4) is 0 Å². The number of carbonyl (C=O) groups is 1. The van der Waals surface area contributed by atoms with Crippen LogP contribution in [0.4, 0.5) is 4.39 Å². The minimum absolute atomic E-state index is 0.0457. The Balaban J connectivity index is 1.27. The zero-order valence-electron chi connectivity index (χ0n) is 17.8. The predicted molar refractivity (Wildman–Crippen MR) is 122 cm³/mol. The highest BCUT2D eigenvalue weighted by atomic mass is 19.1. The van der Waals surface area contributed by atoms with Crippen LogP contribution in [-0.4, -0.2) is 45.1 Å². The molecule has 3 heterocycles. The van der Waals surface area contributed by atoms with E-state index >= 15 is 0 Å². The van der Waals surface area contributed by atoms with Crippen molar-refractivity contribution < 1.29 is 9.18 Å². The Morgan fingerprint density at radius 1 is 1.09 bits per heavy atom. The van der Waals surface area contributed by atoms with Crippen LogP contribution in [0.1, 0.15) is 27.3 Å². The molecule has 1 amide bonds. The number of halogens is 1. The molecule has 0 spiro atoms. The predicted octanol–water partition coefficient (Wildman–Crippen LogP) is 2.66. The summed E-state index contributed by atoms with van der Waals surface area (Å²) < 4.78 is 14.5. The maximum absolute atomic E-state index is 14.5. The number of rotatable bonds is 6. The Morgan fingerprint density at radius 3 is 2.67 bits per heavy atom.